The number of hydrogen-bond donors (Lipinski definition) is 2. The summed E-state index contributed by atoms with van der Waals surface area (Å²) in [7, 11) is 0. The first kappa shape index (κ1) is 18.6. The highest BCUT2D eigenvalue weighted by molar-refractivity contribution is 6.32. The van der Waals surface area contributed by atoms with Gasteiger partial charge in [0.2, 0.25) is 0 Å². The maximum atomic E-state index is 12.8. The minimum atomic E-state index is -4.35. The van der Waals surface area contributed by atoms with Crippen molar-refractivity contribution in [2.24, 2.45) is 11.7 Å². The van der Waals surface area contributed by atoms with Crippen molar-refractivity contribution in [1.82, 2.24) is 4.98 Å². The third kappa shape index (κ3) is 4.23. The van der Waals surface area contributed by atoms with E-state index in [4.69, 9.17) is 27.8 Å². The standard InChI is InChI=1S/C15H19ClF3N3O2/c1-8(5-15(17,18)19)14(24-13(21)23)3-2-9(6-14)10-4-11(16)12(20)22-7-10/h4,7-9H,2-3,5-6H2,1H3,(H2,20,22)(H2,21,23)/t8-,9?,14?/m0/s1. The second-order valence-corrected chi connectivity index (χ2v) is 6.69. The molecule has 1 aliphatic rings. The summed E-state index contributed by atoms with van der Waals surface area (Å²) >= 11 is 5.96. The van der Waals surface area contributed by atoms with Gasteiger partial charge in [0.1, 0.15) is 11.4 Å². The minimum absolute atomic E-state index is 0.134. The largest absolute Gasteiger partial charge is 0.443 e. The van der Waals surface area contributed by atoms with Gasteiger partial charge in [-0.3, -0.25) is 0 Å². The Kier molecular flexibility index (Phi) is 5.17. The van der Waals surface area contributed by atoms with Gasteiger partial charge in [-0.2, -0.15) is 13.2 Å². The number of primary amides is 1. The maximum Gasteiger partial charge on any atom is 0.405 e. The van der Waals surface area contributed by atoms with E-state index in [1.54, 1.807) is 12.3 Å². The number of hydrogen-bond acceptors (Lipinski definition) is 4. The second kappa shape index (κ2) is 6.66. The highest BCUT2D eigenvalue weighted by Gasteiger charge is 2.50. The lowest BCUT2D eigenvalue weighted by Gasteiger charge is -2.35. The lowest BCUT2D eigenvalue weighted by molar-refractivity contribution is -0.162. The highest BCUT2D eigenvalue weighted by Crippen LogP contribution is 2.49. The van der Waals surface area contributed by atoms with Crippen molar-refractivity contribution in [2.75, 3.05) is 5.73 Å². The number of carbonyl (C=O) groups is 1. The van der Waals surface area contributed by atoms with Crippen LogP contribution in [0.4, 0.5) is 23.8 Å². The first-order valence-electron chi connectivity index (χ1n) is 7.48. The van der Waals surface area contributed by atoms with Crippen LogP contribution in [0.15, 0.2) is 12.3 Å². The van der Waals surface area contributed by atoms with Crippen molar-refractivity contribution in [3.8, 4) is 0 Å². The lowest BCUT2D eigenvalue weighted by Crippen LogP contribution is -2.42. The molecule has 1 aromatic rings. The minimum Gasteiger partial charge on any atom is -0.443 e. The first-order chi connectivity index (χ1) is 11.0. The van der Waals surface area contributed by atoms with Gasteiger partial charge in [0.25, 0.3) is 0 Å². The normalized spacial score (nSPS) is 25.5. The SMILES string of the molecule is C[C@@H](CC(F)(F)F)C1(OC(N)=O)CCC(c2cnc(N)c(Cl)c2)C1. The predicted octanol–water partition coefficient (Wildman–Crippen LogP) is 4.01. The molecule has 2 rings (SSSR count). The molecule has 5 nitrogen and oxygen atoms in total. The number of rotatable bonds is 4. The van der Waals surface area contributed by atoms with E-state index in [9.17, 15) is 18.0 Å². The summed E-state index contributed by atoms with van der Waals surface area (Å²) in [4.78, 5) is 15.2. The van der Waals surface area contributed by atoms with E-state index >= 15 is 0 Å². The number of anilines is 1. The zero-order chi connectivity index (χ0) is 18.1. The number of aromatic nitrogens is 1. The van der Waals surface area contributed by atoms with Crippen LogP contribution in [0, 0.1) is 5.92 Å². The van der Waals surface area contributed by atoms with Crippen molar-refractivity contribution in [1.29, 1.82) is 0 Å². The number of amides is 1. The molecule has 1 fully saturated rings. The molecular weight excluding hydrogens is 347 g/mol. The van der Waals surface area contributed by atoms with Gasteiger partial charge >= 0.3 is 12.3 Å². The van der Waals surface area contributed by atoms with Gasteiger partial charge in [0.05, 0.1) is 5.02 Å². The number of ether oxygens (including phenoxy) is 1. The predicted molar refractivity (Wildman–Crippen MR) is 83.5 cm³/mol. The van der Waals surface area contributed by atoms with Crippen LogP contribution in [-0.2, 0) is 4.74 Å². The molecule has 0 saturated heterocycles. The fourth-order valence-corrected chi connectivity index (χ4v) is 3.56. The molecule has 9 heteroatoms. The molecule has 1 amide bonds. The number of nitrogen functional groups attached to an aromatic ring is 1. The Morgan fingerprint density at radius 1 is 1.58 bits per heavy atom. The second-order valence-electron chi connectivity index (χ2n) is 6.28. The van der Waals surface area contributed by atoms with Crippen LogP contribution >= 0.6 is 11.6 Å². The Morgan fingerprint density at radius 3 is 2.79 bits per heavy atom. The van der Waals surface area contributed by atoms with Crippen LogP contribution in [0.25, 0.3) is 0 Å². The van der Waals surface area contributed by atoms with Crippen LogP contribution in [-0.4, -0.2) is 22.9 Å². The molecule has 134 valence electrons. The summed E-state index contributed by atoms with van der Waals surface area (Å²) in [6, 6.07) is 1.64. The molecule has 4 N–H and O–H groups in total. The molecule has 3 atom stereocenters. The molecular formula is C15H19ClF3N3O2. The monoisotopic (exact) mass is 365 g/mol. The smallest absolute Gasteiger partial charge is 0.405 e. The highest BCUT2D eigenvalue weighted by atomic mass is 35.5. The number of halogens is 4. The topological polar surface area (TPSA) is 91.2 Å². The third-order valence-electron chi connectivity index (χ3n) is 4.61. The molecule has 0 aliphatic heterocycles. The zero-order valence-corrected chi connectivity index (χ0v) is 13.8. The molecule has 0 spiro atoms. The summed E-state index contributed by atoms with van der Waals surface area (Å²) < 4.78 is 43.5. The van der Waals surface area contributed by atoms with Crippen LogP contribution in [0.5, 0.6) is 0 Å². The Bertz CT molecular complexity index is 626. The quantitative estimate of drug-likeness (QED) is 0.843. The average molecular weight is 366 g/mol. The van der Waals surface area contributed by atoms with Crippen LogP contribution in [0.2, 0.25) is 5.02 Å². The summed E-state index contributed by atoms with van der Waals surface area (Å²) in [5.74, 6) is -0.860. The Hall–Kier alpha value is -1.70. The number of pyridine rings is 1. The molecule has 0 aromatic carbocycles. The number of nitrogens with two attached hydrogens (primary N) is 2. The molecule has 1 aliphatic carbocycles. The van der Waals surface area contributed by atoms with Crippen LogP contribution in [0.1, 0.15) is 44.1 Å². The molecule has 1 saturated carbocycles. The average Bonchev–Trinajstić information content (AvgIpc) is 2.84. The number of nitrogens with zero attached hydrogens (tertiary/aromatic N) is 1. The van der Waals surface area contributed by atoms with Gasteiger partial charge in [-0.05, 0) is 36.8 Å². The number of carbonyl (C=O) groups excluding carboxylic acids is 1. The van der Waals surface area contributed by atoms with E-state index in [1.165, 1.54) is 6.92 Å². The Morgan fingerprint density at radius 2 is 2.25 bits per heavy atom. The van der Waals surface area contributed by atoms with E-state index in [1.807, 2.05) is 0 Å². The molecule has 1 aromatic heterocycles. The van der Waals surface area contributed by atoms with Crippen LogP contribution < -0.4 is 11.5 Å². The van der Waals surface area contributed by atoms with Gasteiger partial charge < -0.3 is 16.2 Å². The van der Waals surface area contributed by atoms with Gasteiger partial charge in [-0.25, -0.2) is 9.78 Å². The first-order valence-corrected chi connectivity index (χ1v) is 7.86. The fraction of sp³-hybridized carbons (Fsp3) is 0.600. The lowest BCUT2D eigenvalue weighted by atomic mass is 9.83. The molecule has 1 heterocycles. The van der Waals surface area contributed by atoms with Gasteiger partial charge in [0.15, 0.2) is 0 Å². The van der Waals surface area contributed by atoms with Crippen molar-refractivity contribution in [3.63, 3.8) is 0 Å². The van der Waals surface area contributed by atoms with E-state index in [-0.39, 0.29) is 23.2 Å². The van der Waals surface area contributed by atoms with Crippen molar-refractivity contribution in [3.05, 3.63) is 22.8 Å². The Balaban J connectivity index is 2.24. The van der Waals surface area contributed by atoms with E-state index in [2.05, 4.69) is 4.98 Å². The van der Waals surface area contributed by atoms with Gasteiger partial charge in [-0.15, -0.1) is 0 Å². The zero-order valence-electron chi connectivity index (χ0n) is 13.1. The summed E-state index contributed by atoms with van der Waals surface area (Å²) in [5.41, 5.74) is 10.2. The molecule has 0 bridgehead atoms. The molecule has 24 heavy (non-hydrogen) atoms. The fourth-order valence-electron chi connectivity index (χ4n) is 3.39. The molecule has 2 unspecified atom stereocenters. The van der Waals surface area contributed by atoms with Crippen molar-refractivity contribution >= 4 is 23.5 Å². The Labute approximate surface area is 142 Å². The van der Waals surface area contributed by atoms with E-state index in [0.717, 1.165) is 5.56 Å². The summed E-state index contributed by atoms with van der Waals surface area (Å²) in [6.45, 7) is 1.42. The third-order valence-corrected chi connectivity index (χ3v) is 4.91. The van der Waals surface area contributed by atoms with Gasteiger partial charge in [0, 0.05) is 18.5 Å². The van der Waals surface area contributed by atoms with Gasteiger partial charge in [-0.1, -0.05) is 18.5 Å². The van der Waals surface area contributed by atoms with E-state index < -0.39 is 30.2 Å². The molecule has 0 radical (unpaired) electrons. The maximum absolute atomic E-state index is 12.8. The number of alkyl halides is 3. The van der Waals surface area contributed by atoms with Crippen molar-refractivity contribution in [2.45, 2.75) is 50.3 Å². The summed E-state index contributed by atoms with van der Waals surface area (Å²) in [6.07, 6.45) is -3.86. The van der Waals surface area contributed by atoms with Crippen molar-refractivity contribution < 1.29 is 22.7 Å². The van der Waals surface area contributed by atoms with E-state index in [0.29, 0.717) is 12.8 Å². The van der Waals surface area contributed by atoms with Crippen LogP contribution in [0.3, 0.4) is 0 Å². The summed E-state index contributed by atoms with van der Waals surface area (Å²) in [5, 5.41) is 0.282.